The maximum absolute atomic E-state index is 13.8. The molecule has 0 unspecified atom stereocenters. The summed E-state index contributed by atoms with van der Waals surface area (Å²) in [6, 6.07) is 33.4. The van der Waals surface area contributed by atoms with Crippen LogP contribution in [0.5, 0.6) is 0 Å². The zero-order chi connectivity index (χ0) is 40.1. The number of hydrogen-bond acceptors (Lipinski definition) is 1. The number of hydrogen-bond donors (Lipinski definition) is 2. The molecular formula is C47H39F6N2PS. The van der Waals surface area contributed by atoms with Gasteiger partial charge in [0, 0.05) is 53.8 Å². The van der Waals surface area contributed by atoms with Crippen molar-refractivity contribution in [1.82, 2.24) is 9.97 Å². The molecule has 2 N–H and O–H groups in total. The Morgan fingerprint density at radius 2 is 0.947 bits per heavy atom. The van der Waals surface area contributed by atoms with Gasteiger partial charge in [0.25, 0.3) is 0 Å². The minimum Gasteiger partial charge on any atom is -0.358 e. The first-order chi connectivity index (χ1) is 27.0. The van der Waals surface area contributed by atoms with Crippen LogP contribution in [-0.2, 0) is 36.0 Å². The number of aromatic nitrogens is 2. The second-order valence-electron chi connectivity index (χ2n) is 16.1. The Morgan fingerprint density at radius 1 is 0.526 bits per heavy atom. The normalized spacial score (nSPS) is 18.5. The van der Waals surface area contributed by atoms with Crippen molar-refractivity contribution in [1.29, 1.82) is 0 Å². The van der Waals surface area contributed by atoms with E-state index in [0.29, 0.717) is 11.1 Å². The molecule has 2 aliphatic rings. The molecule has 8 bridgehead atoms. The maximum Gasteiger partial charge on any atom is 0.416 e. The quantitative estimate of drug-likeness (QED) is 0.167. The molecule has 5 heterocycles. The third-order valence-corrected chi connectivity index (χ3v) is 16.3. The summed E-state index contributed by atoms with van der Waals surface area (Å²) < 4.78 is 84.2. The SMILES string of the molecule is CC1(C)c2ccc([nH]2)/C(c2ccc(C(F)(F)F)cc2)=c2/cc/c(s2)=C(\c2ccc(C(F)(F)F)cc2)c2ccc([nH]2)C(C)(C)c2c3c(c1p2-c1ccccc1)CCC3. The molecule has 290 valence electrons. The van der Waals surface area contributed by atoms with Crippen molar-refractivity contribution in [2.45, 2.75) is 70.1 Å². The van der Waals surface area contributed by atoms with Crippen LogP contribution in [0.3, 0.4) is 0 Å². The molecule has 0 radical (unpaired) electrons. The minimum absolute atomic E-state index is 0.435. The summed E-state index contributed by atoms with van der Waals surface area (Å²) in [5.74, 6) is 0. The van der Waals surface area contributed by atoms with Crippen molar-refractivity contribution in [3.8, 4) is 5.30 Å². The first-order valence-corrected chi connectivity index (χ1v) is 21.1. The predicted octanol–water partition coefficient (Wildman–Crippen LogP) is 12.4. The molecule has 1 aliphatic carbocycles. The van der Waals surface area contributed by atoms with Crippen molar-refractivity contribution in [3.63, 3.8) is 0 Å². The third-order valence-electron chi connectivity index (χ3n) is 11.8. The number of fused-ring (bicyclic) bond motifs is 11. The van der Waals surface area contributed by atoms with Gasteiger partial charge in [-0.05, 0) is 146 Å². The Labute approximate surface area is 331 Å². The van der Waals surface area contributed by atoms with E-state index >= 15 is 0 Å². The van der Waals surface area contributed by atoms with E-state index in [1.54, 1.807) is 0 Å². The molecule has 0 saturated heterocycles. The summed E-state index contributed by atoms with van der Waals surface area (Å²) in [6.07, 6.45) is -5.95. The summed E-state index contributed by atoms with van der Waals surface area (Å²) in [5.41, 5.74) is 6.79. The molecule has 0 atom stereocenters. The summed E-state index contributed by atoms with van der Waals surface area (Å²) in [5, 5.41) is 4.10. The van der Waals surface area contributed by atoms with Gasteiger partial charge in [0.2, 0.25) is 0 Å². The largest absolute Gasteiger partial charge is 0.416 e. The Morgan fingerprint density at radius 3 is 1.35 bits per heavy atom. The average molecular weight is 809 g/mol. The van der Waals surface area contributed by atoms with E-state index in [1.807, 2.05) is 30.3 Å². The van der Waals surface area contributed by atoms with Gasteiger partial charge in [-0.3, -0.25) is 0 Å². The van der Waals surface area contributed by atoms with Crippen LogP contribution >= 0.6 is 18.9 Å². The molecule has 10 heteroatoms. The number of aromatic amines is 2. The van der Waals surface area contributed by atoms with Crippen molar-refractivity contribution in [3.05, 3.63) is 191 Å². The highest BCUT2D eigenvalue weighted by molar-refractivity contribution is 7.59. The highest BCUT2D eigenvalue weighted by atomic mass is 32.1. The van der Waals surface area contributed by atoms with Gasteiger partial charge in [0.05, 0.1) is 11.1 Å². The van der Waals surface area contributed by atoms with Crippen molar-refractivity contribution >= 4 is 30.0 Å². The van der Waals surface area contributed by atoms with Crippen LogP contribution in [0.1, 0.15) is 101 Å². The van der Waals surface area contributed by atoms with Crippen LogP contribution in [0.25, 0.3) is 16.5 Å². The first kappa shape index (κ1) is 37.6. The van der Waals surface area contributed by atoms with Gasteiger partial charge >= 0.3 is 12.4 Å². The number of alkyl halides is 6. The van der Waals surface area contributed by atoms with Gasteiger partial charge in [0.15, 0.2) is 0 Å². The van der Waals surface area contributed by atoms with Crippen molar-refractivity contribution in [2.75, 3.05) is 0 Å². The van der Waals surface area contributed by atoms with Crippen LogP contribution in [0.2, 0.25) is 0 Å². The predicted molar refractivity (Wildman–Crippen MR) is 218 cm³/mol. The fourth-order valence-corrected chi connectivity index (χ4v) is 13.8. The second-order valence-corrected chi connectivity index (χ2v) is 19.2. The molecule has 7 aromatic rings. The lowest BCUT2D eigenvalue weighted by atomic mass is 9.82. The van der Waals surface area contributed by atoms with E-state index < -0.39 is 41.8 Å². The molecule has 4 aromatic heterocycles. The van der Waals surface area contributed by atoms with Crippen LogP contribution in [0, 0.1) is 0 Å². The second kappa shape index (κ2) is 13.3. The summed E-state index contributed by atoms with van der Waals surface area (Å²) in [6.45, 7) is 9.16. The third kappa shape index (κ3) is 6.25. The summed E-state index contributed by atoms with van der Waals surface area (Å²) in [7, 11) is -0.982. The highest BCUT2D eigenvalue weighted by Gasteiger charge is 2.42. The van der Waals surface area contributed by atoms with Gasteiger partial charge in [-0.15, -0.1) is 11.3 Å². The molecule has 0 amide bonds. The highest BCUT2D eigenvalue weighted by Crippen LogP contribution is 2.63. The molecular weight excluding hydrogens is 770 g/mol. The zero-order valence-electron chi connectivity index (χ0n) is 31.7. The Bertz CT molecular complexity index is 2610. The van der Waals surface area contributed by atoms with E-state index in [0.717, 1.165) is 86.5 Å². The Hall–Kier alpha value is -4.98. The van der Waals surface area contributed by atoms with Gasteiger partial charge in [-0.1, -0.05) is 62.1 Å². The molecule has 3 aromatic carbocycles. The maximum atomic E-state index is 13.8. The van der Waals surface area contributed by atoms with Crippen molar-refractivity contribution in [2.24, 2.45) is 0 Å². The van der Waals surface area contributed by atoms with E-state index in [-0.39, 0.29) is 0 Å². The van der Waals surface area contributed by atoms with Gasteiger partial charge in [-0.25, -0.2) is 0 Å². The number of thiophene rings is 1. The Balaban J connectivity index is 1.39. The molecule has 0 fully saturated rings. The van der Waals surface area contributed by atoms with Gasteiger partial charge < -0.3 is 9.97 Å². The minimum atomic E-state index is -4.49. The van der Waals surface area contributed by atoms with E-state index in [2.05, 4.69) is 74.1 Å². The molecule has 9 rings (SSSR count). The van der Waals surface area contributed by atoms with Crippen LogP contribution in [0.4, 0.5) is 26.3 Å². The van der Waals surface area contributed by atoms with Crippen LogP contribution in [-0.4, -0.2) is 9.97 Å². The van der Waals surface area contributed by atoms with E-state index in [9.17, 15) is 26.3 Å². The van der Waals surface area contributed by atoms with Crippen LogP contribution < -0.4 is 9.06 Å². The standard InChI is InChI=1S/C47H39F6N2PS/c1-44(2)38-25-21-34(54-38)40(27-13-17-29(18-14-27)46(48,49)50)36-23-24-37(57-36)41(28-15-19-30(20-16-28)47(51,52)53)35-22-26-39(55-35)45(3,4)43-33-12-8-11-32(33)42(44)56(43)31-9-6-5-7-10-31/h5-7,9-10,13-26,54-55H,8,11-12H2,1-4H3/b40-36-,41-37-. The number of nitrogens with one attached hydrogen (secondary N) is 2. The summed E-state index contributed by atoms with van der Waals surface area (Å²) in [4.78, 5) is 7.57. The molecule has 0 spiro atoms. The van der Waals surface area contributed by atoms with Gasteiger partial charge in [0.1, 0.15) is 0 Å². The monoisotopic (exact) mass is 808 g/mol. The lowest BCUT2D eigenvalue weighted by Gasteiger charge is -2.31. The fraction of sp³-hybridized carbons (Fsp3) is 0.234. The zero-order valence-corrected chi connectivity index (χ0v) is 33.4. The molecule has 0 saturated carbocycles. The van der Waals surface area contributed by atoms with E-state index in [4.69, 9.17) is 0 Å². The van der Waals surface area contributed by atoms with E-state index in [1.165, 1.54) is 62.6 Å². The lowest BCUT2D eigenvalue weighted by Crippen LogP contribution is -2.21. The number of halogens is 6. The smallest absolute Gasteiger partial charge is 0.358 e. The van der Waals surface area contributed by atoms with Crippen LogP contribution in [0.15, 0.2) is 115 Å². The fourth-order valence-electron chi connectivity index (χ4n) is 8.98. The molecule has 2 nitrogen and oxygen atoms in total. The number of benzene rings is 3. The Kier molecular flexibility index (Phi) is 8.76. The molecule has 1 aliphatic heterocycles. The lowest BCUT2D eigenvalue weighted by molar-refractivity contribution is -0.138. The topological polar surface area (TPSA) is 31.6 Å². The number of rotatable bonds is 3. The van der Waals surface area contributed by atoms with Gasteiger partial charge in [-0.2, -0.15) is 26.3 Å². The summed E-state index contributed by atoms with van der Waals surface area (Å²) >= 11 is 1.45. The first-order valence-electron chi connectivity index (χ1n) is 19.0. The average Bonchev–Trinajstić information content (AvgIpc) is 4.01. The molecule has 57 heavy (non-hydrogen) atoms. The number of H-pyrrole nitrogens is 2. The van der Waals surface area contributed by atoms with Crippen molar-refractivity contribution < 1.29 is 26.3 Å².